The van der Waals surface area contributed by atoms with E-state index in [1.807, 2.05) is 54.6 Å². The fourth-order valence-corrected chi connectivity index (χ4v) is 7.52. The molecule has 9 heteroatoms. The zero-order valence-electron chi connectivity index (χ0n) is 21.3. The van der Waals surface area contributed by atoms with Gasteiger partial charge >= 0.3 is 0 Å². The van der Waals surface area contributed by atoms with Crippen LogP contribution >= 0.6 is 11.8 Å². The summed E-state index contributed by atoms with van der Waals surface area (Å²) >= 11 is 1.10. The highest BCUT2D eigenvalue weighted by Gasteiger charge is 2.25. The summed E-state index contributed by atoms with van der Waals surface area (Å²) in [5, 5.41) is 4.97. The van der Waals surface area contributed by atoms with Crippen molar-refractivity contribution in [2.24, 2.45) is 0 Å². The molecule has 1 aliphatic rings. The van der Waals surface area contributed by atoms with Crippen molar-refractivity contribution in [3.05, 3.63) is 91.0 Å². The third kappa shape index (κ3) is 5.24. The van der Waals surface area contributed by atoms with Crippen LogP contribution in [0, 0.1) is 0 Å². The Morgan fingerprint density at radius 1 is 0.846 bits per heavy atom. The number of imidazole rings is 1. The summed E-state index contributed by atoms with van der Waals surface area (Å²) in [7, 11) is -3.97. The van der Waals surface area contributed by atoms with Crippen LogP contribution in [-0.4, -0.2) is 42.1 Å². The molecule has 0 spiro atoms. The highest BCUT2D eigenvalue weighted by molar-refractivity contribution is 8.00. The van der Waals surface area contributed by atoms with E-state index < -0.39 is 10.0 Å². The first kappa shape index (κ1) is 25.5. The van der Waals surface area contributed by atoms with Gasteiger partial charge in [0, 0.05) is 24.5 Å². The highest BCUT2D eigenvalue weighted by Crippen LogP contribution is 2.30. The molecule has 1 fully saturated rings. The molecule has 0 saturated carbocycles. The summed E-state index contributed by atoms with van der Waals surface area (Å²) in [5.74, 6) is -0.211. The topological polar surface area (TPSA) is 84.3 Å². The molecule has 0 radical (unpaired) electrons. The Kier molecular flexibility index (Phi) is 7.01. The van der Waals surface area contributed by atoms with Crippen LogP contribution in [0.15, 0.2) is 101 Å². The normalized spacial score (nSPS) is 14.1. The van der Waals surface area contributed by atoms with E-state index in [2.05, 4.69) is 15.2 Å². The molecule has 1 N–H and O–H groups in total. The van der Waals surface area contributed by atoms with Gasteiger partial charge in [0.25, 0.3) is 10.0 Å². The number of nitrogens with one attached hydrogen (secondary N) is 1. The lowest BCUT2D eigenvalue weighted by molar-refractivity contribution is -0.113. The Labute approximate surface area is 231 Å². The van der Waals surface area contributed by atoms with Crippen molar-refractivity contribution in [2.45, 2.75) is 29.3 Å². The second kappa shape index (κ2) is 10.7. The number of benzene rings is 4. The van der Waals surface area contributed by atoms with E-state index in [-0.39, 0.29) is 21.7 Å². The van der Waals surface area contributed by atoms with Crippen LogP contribution in [0.3, 0.4) is 0 Å². The van der Waals surface area contributed by atoms with Crippen molar-refractivity contribution >= 4 is 60.9 Å². The first-order chi connectivity index (χ1) is 19.0. The van der Waals surface area contributed by atoms with Crippen LogP contribution in [0.25, 0.3) is 21.8 Å². The number of carbonyl (C=O) groups excluding carboxylic acids is 1. The van der Waals surface area contributed by atoms with Crippen LogP contribution < -0.4 is 10.2 Å². The minimum absolute atomic E-state index is 0.0183. The van der Waals surface area contributed by atoms with E-state index in [1.54, 1.807) is 36.4 Å². The summed E-state index contributed by atoms with van der Waals surface area (Å²) in [6, 6.07) is 27.7. The Balaban J connectivity index is 1.23. The molecule has 4 aromatic carbocycles. The number of fused-ring (bicyclic) bond motifs is 2. The Bertz CT molecular complexity index is 1760. The number of aromatic nitrogens is 2. The quantitative estimate of drug-likeness (QED) is 0.242. The summed E-state index contributed by atoms with van der Waals surface area (Å²) in [4.78, 5) is 19.9. The number of hydrogen-bond acceptors (Lipinski definition) is 6. The van der Waals surface area contributed by atoms with Crippen LogP contribution in [0.4, 0.5) is 11.4 Å². The Morgan fingerprint density at radius 3 is 2.36 bits per heavy atom. The maximum absolute atomic E-state index is 13.9. The number of thioether (sulfide) groups is 1. The molecule has 0 unspecified atom stereocenters. The zero-order chi connectivity index (χ0) is 26.8. The number of nitrogens with zero attached hydrogens (tertiary/aromatic N) is 3. The van der Waals surface area contributed by atoms with Gasteiger partial charge in [-0.25, -0.2) is 17.4 Å². The molecular weight excluding hydrogens is 528 g/mol. The maximum Gasteiger partial charge on any atom is 0.270 e. The van der Waals surface area contributed by atoms with Crippen molar-refractivity contribution in [3.8, 4) is 0 Å². The summed E-state index contributed by atoms with van der Waals surface area (Å²) in [6.07, 6.45) is 3.69. The van der Waals surface area contributed by atoms with E-state index in [1.165, 1.54) is 23.2 Å². The van der Waals surface area contributed by atoms with Gasteiger partial charge in [0.15, 0.2) is 5.16 Å². The van der Waals surface area contributed by atoms with Crippen LogP contribution in [0.2, 0.25) is 0 Å². The fourth-order valence-electron chi connectivity index (χ4n) is 4.97. The van der Waals surface area contributed by atoms with Crippen LogP contribution in [0.1, 0.15) is 19.3 Å². The van der Waals surface area contributed by atoms with E-state index in [9.17, 15) is 13.2 Å². The second-order valence-corrected chi connectivity index (χ2v) is 12.3. The van der Waals surface area contributed by atoms with E-state index >= 15 is 0 Å². The van der Waals surface area contributed by atoms with E-state index in [0.29, 0.717) is 16.7 Å². The minimum atomic E-state index is -3.97. The fraction of sp³-hybridized carbons (Fsp3) is 0.200. The second-order valence-electron chi connectivity index (χ2n) is 9.59. The van der Waals surface area contributed by atoms with Crippen molar-refractivity contribution in [1.82, 2.24) is 8.96 Å². The van der Waals surface area contributed by atoms with Crippen LogP contribution in [0.5, 0.6) is 0 Å². The number of rotatable bonds is 7. The molecule has 5 aromatic rings. The predicted molar refractivity (Wildman–Crippen MR) is 158 cm³/mol. The van der Waals surface area contributed by atoms with Gasteiger partial charge in [-0.2, -0.15) is 0 Å². The number of para-hydroxylation sites is 2. The molecule has 0 bridgehead atoms. The molecule has 6 rings (SSSR count). The van der Waals surface area contributed by atoms with Gasteiger partial charge < -0.3 is 10.2 Å². The largest absolute Gasteiger partial charge is 0.372 e. The zero-order valence-corrected chi connectivity index (χ0v) is 22.9. The first-order valence-electron chi connectivity index (χ1n) is 13.0. The van der Waals surface area contributed by atoms with Crippen molar-refractivity contribution in [3.63, 3.8) is 0 Å². The summed E-state index contributed by atoms with van der Waals surface area (Å²) in [6.45, 7) is 2.12. The third-order valence-corrected chi connectivity index (χ3v) is 9.71. The van der Waals surface area contributed by atoms with E-state index in [4.69, 9.17) is 0 Å². The van der Waals surface area contributed by atoms with Crippen LogP contribution in [-0.2, 0) is 14.8 Å². The smallest absolute Gasteiger partial charge is 0.270 e. The molecule has 198 valence electrons. The lowest BCUT2D eigenvalue weighted by atomic mass is 10.1. The average molecular weight is 557 g/mol. The number of carbonyl (C=O) groups is 1. The molecule has 0 aliphatic carbocycles. The average Bonchev–Trinajstić information content (AvgIpc) is 3.36. The number of amides is 1. The van der Waals surface area contributed by atoms with Gasteiger partial charge in [-0.3, -0.25) is 4.79 Å². The van der Waals surface area contributed by atoms with E-state index in [0.717, 1.165) is 41.3 Å². The van der Waals surface area contributed by atoms with Crippen molar-refractivity contribution in [1.29, 1.82) is 0 Å². The number of piperidine rings is 1. The van der Waals surface area contributed by atoms with Crippen molar-refractivity contribution in [2.75, 3.05) is 29.1 Å². The third-order valence-electron chi connectivity index (χ3n) is 6.95. The molecule has 2 heterocycles. The monoisotopic (exact) mass is 556 g/mol. The van der Waals surface area contributed by atoms with Gasteiger partial charge in [-0.15, -0.1) is 0 Å². The Morgan fingerprint density at radius 2 is 1.56 bits per heavy atom. The summed E-state index contributed by atoms with van der Waals surface area (Å²) < 4.78 is 29.0. The lowest BCUT2D eigenvalue weighted by Gasteiger charge is -2.28. The van der Waals surface area contributed by atoms with Gasteiger partial charge in [-0.1, -0.05) is 54.2 Å². The van der Waals surface area contributed by atoms with Crippen molar-refractivity contribution < 1.29 is 13.2 Å². The standard InChI is InChI=1S/C30H28N4O3S2/c35-29(31-24-13-15-25(16-14-24)33-18-6-1-7-19-33)21-38-30-32-27-10-4-5-11-28(27)34(30)39(36,37)26-17-12-22-8-2-3-9-23(22)20-26/h2-5,8-17,20H,1,6-7,18-19,21H2,(H,31,35). The molecule has 1 aliphatic heterocycles. The Hall–Kier alpha value is -3.82. The van der Waals surface area contributed by atoms with Gasteiger partial charge in [0.05, 0.1) is 21.7 Å². The molecule has 7 nitrogen and oxygen atoms in total. The lowest BCUT2D eigenvalue weighted by Crippen LogP contribution is -2.29. The number of anilines is 2. The first-order valence-corrected chi connectivity index (χ1v) is 15.4. The molecule has 1 amide bonds. The molecule has 1 aromatic heterocycles. The van der Waals surface area contributed by atoms with Gasteiger partial charge in [-0.05, 0) is 78.6 Å². The van der Waals surface area contributed by atoms with Gasteiger partial charge in [0.1, 0.15) is 0 Å². The number of hydrogen-bond donors (Lipinski definition) is 1. The molecule has 1 saturated heterocycles. The van der Waals surface area contributed by atoms with Gasteiger partial charge in [0.2, 0.25) is 5.91 Å². The maximum atomic E-state index is 13.9. The summed E-state index contributed by atoms with van der Waals surface area (Å²) in [5.41, 5.74) is 2.90. The molecular formula is C30H28N4O3S2. The molecule has 0 atom stereocenters. The SMILES string of the molecule is O=C(CSc1nc2ccccc2n1S(=O)(=O)c1ccc2ccccc2c1)Nc1ccc(N2CCCCC2)cc1. The molecule has 39 heavy (non-hydrogen) atoms. The minimum Gasteiger partial charge on any atom is -0.372 e. The predicted octanol–water partition coefficient (Wildman–Crippen LogP) is 6.15. The highest BCUT2D eigenvalue weighted by atomic mass is 32.2.